The SMILES string of the molecule is COCc1ccccc1C(=O)NC(CC(=O)O)C(C)C. The maximum absolute atomic E-state index is 12.3. The van der Waals surface area contributed by atoms with Crippen molar-refractivity contribution < 1.29 is 19.4 Å². The molecule has 110 valence electrons. The first kappa shape index (κ1) is 16.2. The third-order valence-corrected chi connectivity index (χ3v) is 3.08. The molecule has 0 aromatic heterocycles. The molecule has 1 atom stereocenters. The third-order valence-electron chi connectivity index (χ3n) is 3.08. The topological polar surface area (TPSA) is 75.6 Å². The van der Waals surface area contributed by atoms with Gasteiger partial charge in [-0.15, -0.1) is 0 Å². The van der Waals surface area contributed by atoms with Gasteiger partial charge in [-0.05, 0) is 17.5 Å². The second-order valence-corrected chi connectivity index (χ2v) is 5.01. The fourth-order valence-electron chi connectivity index (χ4n) is 1.91. The molecule has 1 rings (SSSR count). The van der Waals surface area contributed by atoms with Gasteiger partial charge in [0, 0.05) is 18.7 Å². The van der Waals surface area contributed by atoms with E-state index in [0.717, 1.165) is 5.56 Å². The summed E-state index contributed by atoms with van der Waals surface area (Å²) in [4.78, 5) is 23.1. The number of rotatable bonds is 7. The number of ether oxygens (including phenoxy) is 1. The van der Waals surface area contributed by atoms with E-state index in [1.54, 1.807) is 19.2 Å². The number of carboxylic acid groups (broad SMARTS) is 1. The van der Waals surface area contributed by atoms with E-state index in [0.29, 0.717) is 12.2 Å². The van der Waals surface area contributed by atoms with Gasteiger partial charge < -0.3 is 15.2 Å². The van der Waals surface area contributed by atoms with Crippen molar-refractivity contribution in [3.05, 3.63) is 35.4 Å². The average Bonchev–Trinajstić information content (AvgIpc) is 2.38. The molecule has 0 aliphatic rings. The van der Waals surface area contributed by atoms with E-state index in [9.17, 15) is 9.59 Å². The van der Waals surface area contributed by atoms with Crippen molar-refractivity contribution in [1.82, 2.24) is 5.32 Å². The molecule has 0 bridgehead atoms. The Morgan fingerprint density at radius 3 is 2.50 bits per heavy atom. The number of aliphatic carboxylic acids is 1. The van der Waals surface area contributed by atoms with Crippen LogP contribution < -0.4 is 5.32 Å². The lowest BCUT2D eigenvalue weighted by Gasteiger charge is -2.21. The van der Waals surface area contributed by atoms with Crippen molar-refractivity contribution in [3.8, 4) is 0 Å². The lowest BCUT2D eigenvalue weighted by molar-refractivity contribution is -0.137. The average molecular weight is 279 g/mol. The van der Waals surface area contributed by atoms with Gasteiger partial charge >= 0.3 is 5.97 Å². The molecule has 0 saturated heterocycles. The van der Waals surface area contributed by atoms with Gasteiger partial charge in [0.05, 0.1) is 13.0 Å². The van der Waals surface area contributed by atoms with E-state index in [4.69, 9.17) is 9.84 Å². The maximum atomic E-state index is 12.3. The Hall–Kier alpha value is -1.88. The first-order chi connectivity index (χ1) is 9.45. The van der Waals surface area contributed by atoms with Gasteiger partial charge in [-0.2, -0.15) is 0 Å². The van der Waals surface area contributed by atoms with E-state index < -0.39 is 12.0 Å². The Bertz CT molecular complexity index is 471. The van der Waals surface area contributed by atoms with Crippen LogP contribution in [-0.4, -0.2) is 30.1 Å². The van der Waals surface area contributed by atoms with Crippen LogP contribution >= 0.6 is 0 Å². The Labute approximate surface area is 118 Å². The molecule has 1 aromatic rings. The Morgan fingerprint density at radius 2 is 1.95 bits per heavy atom. The van der Waals surface area contributed by atoms with E-state index in [1.807, 2.05) is 26.0 Å². The summed E-state index contributed by atoms with van der Waals surface area (Å²) in [6.07, 6.45) is -0.0874. The first-order valence-corrected chi connectivity index (χ1v) is 6.55. The van der Waals surface area contributed by atoms with E-state index in [-0.39, 0.29) is 18.2 Å². The van der Waals surface area contributed by atoms with Crippen LogP contribution in [0.4, 0.5) is 0 Å². The highest BCUT2D eigenvalue weighted by atomic mass is 16.5. The van der Waals surface area contributed by atoms with Gasteiger partial charge in [0.1, 0.15) is 0 Å². The molecule has 1 aromatic carbocycles. The van der Waals surface area contributed by atoms with Crippen molar-refractivity contribution in [2.75, 3.05) is 7.11 Å². The summed E-state index contributed by atoms with van der Waals surface area (Å²) >= 11 is 0. The number of nitrogens with one attached hydrogen (secondary N) is 1. The standard InChI is InChI=1S/C15H21NO4/c1-10(2)13(8-14(17)18)16-15(19)12-7-5-4-6-11(12)9-20-3/h4-7,10,13H,8-9H2,1-3H3,(H,16,19)(H,17,18). The minimum atomic E-state index is -0.922. The summed E-state index contributed by atoms with van der Waals surface area (Å²) in [6, 6.07) is 6.75. The zero-order valence-corrected chi connectivity index (χ0v) is 12.1. The minimum absolute atomic E-state index is 0.0460. The molecule has 0 spiro atoms. The second kappa shape index (κ2) is 7.65. The molecule has 5 heteroatoms. The van der Waals surface area contributed by atoms with Gasteiger partial charge in [0.15, 0.2) is 0 Å². The number of benzene rings is 1. The fraction of sp³-hybridized carbons (Fsp3) is 0.467. The fourth-order valence-corrected chi connectivity index (χ4v) is 1.91. The smallest absolute Gasteiger partial charge is 0.305 e. The first-order valence-electron chi connectivity index (χ1n) is 6.55. The molecular weight excluding hydrogens is 258 g/mol. The predicted molar refractivity (Wildman–Crippen MR) is 75.5 cm³/mol. The van der Waals surface area contributed by atoms with Gasteiger partial charge in [0.2, 0.25) is 0 Å². The number of methoxy groups -OCH3 is 1. The monoisotopic (exact) mass is 279 g/mol. The molecule has 0 aliphatic heterocycles. The van der Waals surface area contributed by atoms with Crippen LogP contribution in [0.3, 0.4) is 0 Å². The zero-order chi connectivity index (χ0) is 15.1. The van der Waals surface area contributed by atoms with Crippen molar-refractivity contribution >= 4 is 11.9 Å². The van der Waals surface area contributed by atoms with E-state index in [2.05, 4.69) is 5.32 Å². The van der Waals surface area contributed by atoms with Crippen LogP contribution in [0.25, 0.3) is 0 Å². The molecule has 0 fully saturated rings. The predicted octanol–water partition coefficient (Wildman–Crippen LogP) is 2.06. The highest BCUT2D eigenvalue weighted by molar-refractivity contribution is 5.96. The van der Waals surface area contributed by atoms with Gasteiger partial charge in [-0.25, -0.2) is 0 Å². The Morgan fingerprint density at radius 1 is 1.30 bits per heavy atom. The lowest BCUT2D eigenvalue weighted by Crippen LogP contribution is -2.40. The van der Waals surface area contributed by atoms with Crippen LogP contribution in [0.15, 0.2) is 24.3 Å². The Kier molecular flexibility index (Phi) is 6.18. The van der Waals surface area contributed by atoms with Gasteiger partial charge in [-0.1, -0.05) is 32.0 Å². The molecule has 0 radical (unpaired) electrons. The summed E-state index contributed by atoms with van der Waals surface area (Å²) in [5.74, 6) is -1.14. The molecule has 20 heavy (non-hydrogen) atoms. The molecule has 0 heterocycles. The Balaban J connectivity index is 2.86. The highest BCUT2D eigenvalue weighted by Crippen LogP contribution is 2.12. The van der Waals surface area contributed by atoms with Gasteiger partial charge in [-0.3, -0.25) is 9.59 Å². The van der Waals surface area contributed by atoms with Crippen LogP contribution in [0, 0.1) is 5.92 Å². The summed E-state index contributed by atoms with van der Waals surface area (Å²) in [7, 11) is 1.57. The minimum Gasteiger partial charge on any atom is -0.481 e. The van der Waals surface area contributed by atoms with Crippen molar-refractivity contribution in [3.63, 3.8) is 0 Å². The molecule has 0 aliphatic carbocycles. The van der Waals surface area contributed by atoms with Crippen molar-refractivity contribution in [2.24, 2.45) is 5.92 Å². The summed E-state index contributed by atoms with van der Waals surface area (Å²) in [6.45, 7) is 4.11. The number of carbonyl (C=O) groups excluding carboxylic acids is 1. The highest BCUT2D eigenvalue weighted by Gasteiger charge is 2.21. The molecular formula is C15H21NO4. The van der Waals surface area contributed by atoms with Crippen LogP contribution in [0.1, 0.15) is 36.2 Å². The summed E-state index contributed by atoms with van der Waals surface area (Å²) in [5.41, 5.74) is 1.30. The maximum Gasteiger partial charge on any atom is 0.305 e. The summed E-state index contributed by atoms with van der Waals surface area (Å²) < 4.78 is 5.06. The number of hydrogen-bond acceptors (Lipinski definition) is 3. The van der Waals surface area contributed by atoms with Crippen LogP contribution in [-0.2, 0) is 16.1 Å². The molecule has 2 N–H and O–H groups in total. The lowest BCUT2D eigenvalue weighted by atomic mass is 9.99. The quantitative estimate of drug-likeness (QED) is 0.801. The number of hydrogen-bond donors (Lipinski definition) is 2. The largest absolute Gasteiger partial charge is 0.481 e. The van der Waals surface area contributed by atoms with Crippen molar-refractivity contribution in [1.29, 1.82) is 0 Å². The third kappa shape index (κ3) is 4.66. The van der Waals surface area contributed by atoms with Crippen molar-refractivity contribution in [2.45, 2.75) is 32.9 Å². The molecule has 5 nitrogen and oxygen atoms in total. The molecule has 1 unspecified atom stereocenters. The molecule has 1 amide bonds. The zero-order valence-electron chi connectivity index (χ0n) is 12.1. The van der Waals surface area contributed by atoms with Gasteiger partial charge in [0.25, 0.3) is 5.91 Å². The number of carbonyl (C=O) groups is 2. The van der Waals surface area contributed by atoms with E-state index in [1.165, 1.54) is 0 Å². The second-order valence-electron chi connectivity index (χ2n) is 5.01. The summed E-state index contributed by atoms with van der Waals surface area (Å²) in [5, 5.41) is 11.7. The normalized spacial score (nSPS) is 12.2. The van der Waals surface area contributed by atoms with Crippen LogP contribution in [0.5, 0.6) is 0 Å². The number of amides is 1. The van der Waals surface area contributed by atoms with Crippen LogP contribution in [0.2, 0.25) is 0 Å². The number of carboxylic acids is 1. The van der Waals surface area contributed by atoms with E-state index >= 15 is 0 Å². The molecule has 0 saturated carbocycles.